The SMILES string of the molecule is CC(C)(C)OC(=O)CC[C@H](NC(=O)N[C@@H](CCCCNC(N)=S)C(=O)OC(C)(C)C)C(=O)OC(C)(C)C. The number of thiocarbonyl (C=S) groups is 1. The van der Waals surface area contributed by atoms with Crippen LogP contribution in [-0.4, -0.2) is 64.5 Å². The van der Waals surface area contributed by atoms with E-state index in [9.17, 15) is 19.2 Å². The van der Waals surface area contributed by atoms with E-state index in [1.807, 2.05) is 0 Å². The van der Waals surface area contributed by atoms with Crippen LogP contribution in [0.4, 0.5) is 4.79 Å². The Kier molecular flexibility index (Phi) is 13.9. The number of unbranched alkanes of at least 4 members (excludes halogenated alkanes) is 1. The van der Waals surface area contributed by atoms with E-state index in [2.05, 4.69) is 16.0 Å². The second kappa shape index (κ2) is 14.9. The molecule has 0 aliphatic rings. The van der Waals surface area contributed by atoms with Crippen LogP contribution in [-0.2, 0) is 28.6 Å². The molecule has 2 atom stereocenters. The molecule has 0 spiro atoms. The second-order valence-electron chi connectivity index (χ2n) is 11.7. The summed E-state index contributed by atoms with van der Waals surface area (Å²) < 4.78 is 16.2. The first-order chi connectivity index (χ1) is 16.7. The molecule has 0 heterocycles. The van der Waals surface area contributed by atoms with Crippen molar-refractivity contribution < 1.29 is 33.4 Å². The fourth-order valence-electron chi connectivity index (χ4n) is 2.94. The maximum Gasteiger partial charge on any atom is 0.329 e. The highest BCUT2D eigenvalue weighted by Gasteiger charge is 2.31. The smallest absolute Gasteiger partial charge is 0.329 e. The summed E-state index contributed by atoms with van der Waals surface area (Å²) in [5.74, 6) is -1.82. The van der Waals surface area contributed by atoms with Crippen LogP contribution in [0.3, 0.4) is 0 Å². The summed E-state index contributed by atoms with van der Waals surface area (Å²) >= 11 is 4.77. The molecule has 0 aromatic rings. The van der Waals surface area contributed by atoms with Crippen LogP contribution in [0.1, 0.15) is 94.4 Å². The van der Waals surface area contributed by atoms with Gasteiger partial charge in [0.2, 0.25) is 0 Å². The third kappa shape index (κ3) is 19.2. The molecular weight excluding hydrogens is 500 g/mol. The summed E-state index contributed by atoms with van der Waals surface area (Å²) in [5, 5.41) is 8.14. The van der Waals surface area contributed by atoms with Crippen LogP contribution < -0.4 is 21.7 Å². The van der Waals surface area contributed by atoms with Crippen LogP contribution in [0, 0.1) is 0 Å². The Morgan fingerprint density at radius 3 is 1.57 bits per heavy atom. The van der Waals surface area contributed by atoms with Gasteiger partial charge in [0.05, 0.1) is 0 Å². The Hall–Kier alpha value is -2.63. The molecule has 214 valence electrons. The maximum absolute atomic E-state index is 12.9. The van der Waals surface area contributed by atoms with Gasteiger partial charge in [-0.3, -0.25) is 4.79 Å². The molecule has 0 saturated carbocycles. The van der Waals surface area contributed by atoms with Crippen LogP contribution in [0.2, 0.25) is 0 Å². The fraction of sp³-hybridized carbons (Fsp3) is 0.800. The summed E-state index contributed by atoms with van der Waals surface area (Å²) in [6.45, 7) is 16.0. The molecule has 12 heteroatoms. The van der Waals surface area contributed by atoms with E-state index in [1.165, 1.54) is 0 Å². The van der Waals surface area contributed by atoms with Crippen molar-refractivity contribution in [3.8, 4) is 0 Å². The zero-order chi connectivity index (χ0) is 29.0. The average molecular weight is 547 g/mol. The van der Waals surface area contributed by atoms with Crippen LogP contribution >= 0.6 is 12.2 Å². The first-order valence-electron chi connectivity index (χ1n) is 12.5. The van der Waals surface area contributed by atoms with Crippen molar-refractivity contribution in [3.63, 3.8) is 0 Å². The summed E-state index contributed by atoms with van der Waals surface area (Å²) in [4.78, 5) is 50.6. The monoisotopic (exact) mass is 546 g/mol. The maximum atomic E-state index is 12.9. The molecule has 0 rings (SSSR count). The summed E-state index contributed by atoms with van der Waals surface area (Å²) in [6, 6.07) is -2.87. The van der Waals surface area contributed by atoms with Crippen LogP contribution in [0.15, 0.2) is 0 Å². The third-order valence-corrected chi connectivity index (χ3v) is 4.41. The van der Waals surface area contributed by atoms with E-state index in [4.69, 9.17) is 32.2 Å². The molecule has 0 aliphatic carbocycles. The zero-order valence-corrected chi connectivity index (χ0v) is 24.6. The van der Waals surface area contributed by atoms with Gasteiger partial charge in [0.25, 0.3) is 0 Å². The van der Waals surface area contributed by atoms with Gasteiger partial charge in [-0.25, -0.2) is 14.4 Å². The average Bonchev–Trinajstić information content (AvgIpc) is 2.65. The van der Waals surface area contributed by atoms with E-state index in [-0.39, 0.29) is 24.4 Å². The molecule has 2 amide bonds. The molecule has 0 fully saturated rings. The number of nitrogens with two attached hydrogens (primary N) is 1. The highest BCUT2D eigenvalue weighted by atomic mass is 32.1. The number of ether oxygens (including phenoxy) is 3. The van der Waals surface area contributed by atoms with Crippen molar-refractivity contribution in [3.05, 3.63) is 0 Å². The van der Waals surface area contributed by atoms with Crippen molar-refractivity contribution >= 4 is 41.3 Å². The van der Waals surface area contributed by atoms with Gasteiger partial charge in [-0.1, -0.05) is 0 Å². The largest absolute Gasteiger partial charge is 0.460 e. The molecule has 0 aromatic heterocycles. The highest BCUT2D eigenvalue weighted by Crippen LogP contribution is 2.15. The summed E-state index contributed by atoms with van der Waals surface area (Å²) in [5.41, 5.74) is 3.16. The second-order valence-corrected chi connectivity index (χ2v) is 12.1. The van der Waals surface area contributed by atoms with Gasteiger partial charge in [0.1, 0.15) is 28.9 Å². The van der Waals surface area contributed by atoms with Gasteiger partial charge in [0, 0.05) is 13.0 Å². The number of amides is 2. The topological polar surface area (TPSA) is 158 Å². The van der Waals surface area contributed by atoms with E-state index in [0.717, 1.165) is 0 Å². The zero-order valence-electron chi connectivity index (χ0n) is 23.7. The molecule has 37 heavy (non-hydrogen) atoms. The number of hydrogen-bond donors (Lipinski definition) is 4. The molecule has 0 aliphatic heterocycles. The van der Waals surface area contributed by atoms with Crippen LogP contribution in [0.25, 0.3) is 0 Å². The first-order valence-corrected chi connectivity index (χ1v) is 12.9. The fourth-order valence-corrected chi connectivity index (χ4v) is 3.04. The van der Waals surface area contributed by atoms with Gasteiger partial charge in [-0.05, 0) is 100 Å². The van der Waals surface area contributed by atoms with Crippen molar-refractivity contribution in [2.24, 2.45) is 5.73 Å². The lowest BCUT2D eigenvalue weighted by molar-refractivity contribution is -0.159. The minimum absolute atomic E-state index is 0.0426. The van der Waals surface area contributed by atoms with Crippen molar-refractivity contribution in [1.29, 1.82) is 0 Å². The Balaban J connectivity index is 5.40. The van der Waals surface area contributed by atoms with Gasteiger partial charge in [-0.15, -0.1) is 0 Å². The third-order valence-electron chi connectivity index (χ3n) is 4.27. The van der Waals surface area contributed by atoms with E-state index >= 15 is 0 Å². The molecule has 0 bridgehead atoms. The Labute approximate surface area is 226 Å². The van der Waals surface area contributed by atoms with E-state index < -0.39 is 52.8 Å². The van der Waals surface area contributed by atoms with E-state index in [1.54, 1.807) is 62.3 Å². The predicted octanol–water partition coefficient (Wildman–Crippen LogP) is 2.83. The van der Waals surface area contributed by atoms with Crippen LogP contribution in [0.5, 0.6) is 0 Å². The number of rotatable bonds is 12. The summed E-state index contributed by atoms with van der Waals surface area (Å²) in [7, 11) is 0. The number of nitrogens with one attached hydrogen (secondary N) is 3. The lowest BCUT2D eigenvalue weighted by Gasteiger charge is -2.27. The lowest BCUT2D eigenvalue weighted by atomic mass is 10.1. The van der Waals surface area contributed by atoms with E-state index in [0.29, 0.717) is 19.4 Å². The standard InChI is InChI=1S/C25H46N4O7S/c1-23(2,3)34-18(30)14-13-17(20(32)36-25(7,8)9)29-22(33)28-16(19(31)35-24(4,5)6)12-10-11-15-27-21(26)37/h16-17H,10-15H2,1-9H3,(H3,26,27,37)(H2,28,29,33)/t16-,17-/m0/s1. The number of carbonyl (C=O) groups is 4. The number of carbonyl (C=O) groups excluding carboxylic acids is 4. The first kappa shape index (κ1) is 34.4. The lowest BCUT2D eigenvalue weighted by Crippen LogP contribution is -2.53. The van der Waals surface area contributed by atoms with Gasteiger partial charge in [-0.2, -0.15) is 0 Å². The van der Waals surface area contributed by atoms with Gasteiger partial charge >= 0.3 is 23.9 Å². The molecule has 0 saturated heterocycles. The quantitative estimate of drug-likeness (QED) is 0.124. The Morgan fingerprint density at radius 2 is 1.16 bits per heavy atom. The molecule has 0 aromatic carbocycles. The highest BCUT2D eigenvalue weighted by molar-refractivity contribution is 7.80. The molecule has 5 N–H and O–H groups in total. The van der Waals surface area contributed by atoms with Gasteiger partial charge in [0.15, 0.2) is 5.11 Å². The molecule has 0 radical (unpaired) electrons. The predicted molar refractivity (Wildman–Crippen MR) is 145 cm³/mol. The van der Waals surface area contributed by atoms with Crippen molar-refractivity contribution in [2.75, 3.05) is 6.54 Å². The summed E-state index contributed by atoms with van der Waals surface area (Å²) in [6.07, 6.45) is 1.34. The number of hydrogen-bond acceptors (Lipinski definition) is 8. The Bertz CT molecular complexity index is 798. The number of urea groups is 1. The minimum Gasteiger partial charge on any atom is -0.460 e. The molecular formula is C25H46N4O7S. The van der Waals surface area contributed by atoms with Gasteiger partial charge < -0.3 is 35.9 Å². The number of esters is 3. The molecule has 0 unspecified atom stereocenters. The Morgan fingerprint density at radius 1 is 0.730 bits per heavy atom. The normalized spacial score (nSPS) is 13.5. The molecule has 11 nitrogen and oxygen atoms in total. The van der Waals surface area contributed by atoms with Crippen molar-refractivity contribution in [1.82, 2.24) is 16.0 Å². The van der Waals surface area contributed by atoms with Crippen molar-refractivity contribution in [2.45, 2.75) is 123 Å². The minimum atomic E-state index is -1.14.